The van der Waals surface area contributed by atoms with Gasteiger partial charge in [0, 0.05) is 12.2 Å². The van der Waals surface area contributed by atoms with Gasteiger partial charge in [0.15, 0.2) is 0 Å². The van der Waals surface area contributed by atoms with E-state index in [-0.39, 0.29) is 23.9 Å². The molecule has 0 radical (unpaired) electrons. The number of aryl methyl sites for hydroxylation is 1. The molecule has 1 unspecified atom stereocenters. The molecular weight excluding hydrogens is 314 g/mol. The lowest BCUT2D eigenvalue weighted by Gasteiger charge is -2.23. The van der Waals surface area contributed by atoms with E-state index >= 15 is 0 Å². The van der Waals surface area contributed by atoms with Crippen molar-refractivity contribution in [2.75, 3.05) is 6.54 Å². The van der Waals surface area contributed by atoms with Crippen LogP contribution in [-0.4, -0.2) is 27.3 Å². The zero-order chi connectivity index (χ0) is 18.8. The molecular formula is C20H29N3O2. The van der Waals surface area contributed by atoms with E-state index in [1.807, 2.05) is 41.9 Å². The lowest BCUT2D eigenvalue weighted by atomic mass is 10.0. The molecule has 2 rings (SSSR count). The maximum Gasteiger partial charge on any atom is 0.271 e. The summed E-state index contributed by atoms with van der Waals surface area (Å²) in [5, 5.41) is 17.6. The standard InChI is InChI=1S/C20H29N3O2/c1-13(2)17-11-16(22-23(17)20(4,5)6)19(25)21-12-18(24)15-10-8-7-9-14(15)3/h7-11,13,18,24H,12H2,1-6H3,(H,21,25). The van der Waals surface area contributed by atoms with Crippen molar-refractivity contribution in [3.05, 3.63) is 52.8 Å². The van der Waals surface area contributed by atoms with E-state index in [4.69, 9.17) is 0 Å². The summed E-state index contributed by atoms with van der Waals surface area (Å²) in [6.07, 6.45) is -0.737. The Morgan fingerprint density at radius 2 is 1.92 bits per heavy atom. The smallest absolute Gasteiger partial charge is 0.271 e. The number of nitrogens with zero attached hydrogens (tertiary/aromatic N) is 2. The molecule has 5 heteroatoms. The van der Waals surface area contributed by atoms with Gasteiger partial charge in [0.1, 0.15) is 5.69 Å². The largest absolute Gasteiger partial charge is 0.387 e. The number of aliphatic hydroxyl groups excluding tert-OH is 1. The van der Waals surface area contributed by atoms with Gasteiger partial charge in [-0.1, -0.05) is 38.1 Å². The zero-order valence-corrected chi connectivity index (χ0v) is 16.0. The number of aromatic nitrogens is 2. The highest BCUT2D eigenvalue weighted by Crippen LogP contribution is 2.23. The first-order valence-electron chi connectivity index (χ1n) is 8.73. The number of benzene rings is 1. The van der Waals surface area contributed by atoms with E-state index in [0.717, 1.165) is 16.8 Å². The van der Waals surface area contributed by atoms with E-state index < -0.39 is 6.10 Å². The second kappa shape index (κ2) is 7.40. The minimum absolute atomic E-state index is 0.156. The molecule has 0 saturated carbocycles. The van der Waals surface area contributed by atoms with Gasteiger partial charge in [-0.15, -0.1) is 0 Å². The summed E-state index contributed by atoms with van der Waals surface area (Å²) in [6, 6.07) is 9.47. The molecule has 0 bridgehead atoms. The van der Waals surface area contributed by atoms with Crippen molar-refractivity contribution < 1.29 is 9.90 Å². The number of rotatable bonds is 5. The van der Waals surface area contributed by atoms with E-state index in [9.17, 15) is 9.90 Å². The van der Waals surface area contributed by atoms with Crippen LogP contribution in [0.25, 0.3) is 0 Å². The lowest BCUT2D eigenvalue weighted by Crippen LogP contribution is -2.30. The van der Waals surface area contributed by atoms with Crippen molar-refractivity contribution in [2.45, 2.75) is 59.1 Å². The van der Waals surface area contributed by atoms with Crippen LogP contribution in [0.3, 0.4) is 0 Å². The SMILES string of the molecule is Cc1ccccc1C(O)CNC(=O)c1cc(C(C)C)n(C(C)(C)C)n1. The number of amides is 1. The third-order valence-electron chi connectivity index (χ3n) is 4.20. The minimum atomic E-state index is -0.737. The van der Waals surface area contributed by atoms with E-state index in [1.165, 1.54) is 0 Å². The Labute approximate surface area is 150 Å². The van der Waals surface area contributed by atoms with Gasteiger partial charge in [-0.05, 0) is 50.8 Å². The maximum atomic E-state index is 12.5. The highest BCUT2D eigenvalue weighted by molar-refractivity contribution is 5.92. The van der Waals surface area contributed by atoms with Crippen LogP contribution in [0.4, 0.5) is 0 Å². The summed E-state index contributed by atoms with van der Waals surface area (Å²) in [4.78, 5) is 12.5. The second-order valence-corrected chi connectivity index (χ2v) is 7.77. The predicted octanol–water partition coefficient (Wildman–Crippen LogP) is 3.53. The lowest BCUT2D eigenvalue weighted by molar-refractivity contribution is 0.0909. The zero-order valence-electron chi connectivity index (χ0n) is 16.0. The van der Waals surface area contributed by atoms with Gasteiger partial charge in [-0.25, -0.2) is 0 Å². The van der Waals surface area contributed by atoms with Gasteiger partial charge in [0.05, 0.1) is 11.6 Å². The average Bonchev–Trinajstić information content (AvgIpc) is 2.98. The van der Waals surface area contributed by atoms with Crippen LogP contribution in [0.5, 0.6) is 0 Å². The van der Waals surface area contributed by atoms with Crippen molar-refractivity contribution >= 4 is 5.91 Å². The molecule has 0 aliphatic heterocycles. The number of hydrogen-bond acceptors (Lipinski definition) is 3. The summed E-state index contributed by atoms with van der Waals surface area (Å²) in [5.74, 6) is 0.00312. The first-order valence-corrected chi connectivity index (χ1v) is 8.73. The maximum absolute atomic E-state index is 12.5. The molecule has 5 nitrogen and oxygen atoms in total. The third-order valence-corrected chi connectivity index (χ3v) is 4.20. The molecule has 0 aliphatic rings. The fourth-order valence-corrected chi connectivity index (χ4v) is 2.81. The van der Waals surface area contributed by atoms with Crippen LogP contribution in [0.2, 0.25) is 0 Å². The highest BCUT2D eigenvalue weighted by atomic mass is 16.3. The number of nitrogens with one attached hydrogen (secondary N) is 1. The quantitative estimate of drug-likeness (QED) is 0.873. The second-order valence-electron chi connectivity index (χ2n) is 7.77. The van der Waals surface area contributed by atoms with Crippen LogP contribution in [0, 0.1) is 6.92 Å². The Morgan fingerprint density at radius 3 is 2.44 bits per heavy atom. The highest BCUT2D eigenvalue weighted by Gasteiger charge is 2.24. The van der Waals surface area contributed by atoms with Crippen molar-refractivity contribution in [3.63, 3.8) is 0 Å². The number of aliphatic hydroxyl groups is 1. The summed E-state index contributed by atoms with van der Waals surface area (Å²) in [5.41, 5.74) is 3.04. The predicted molar refractivity (Wildman–Crippen MR) is 99.8 cm³/mol. The first kappa shape index (κ1) is 19.2. The van der Waals surface area contributed by atoms with Gasteiger partial charge in [-0.3, -0.25) is 9.48 Å². The molecule has 0 fully saturated rings. The Balaban J connectivity index is 2.12. The summed E-state index contributed by atoms with van der Waals surface area (Å²) in [7, 11) is 0. The summed E-state index contributed by atoms with van der Waals surface area (Å²) < 4.78 is 1.91. The van der Waals surface area contributed by atoms with Gasteiger partial charge in [0.2, 0.25) is 0 Å². The molecule has 1 heterocycles. The molecule has 1 amide bonds. The van der Waals surface area contributed by atoms with E-state index in [1.54, 1.807) is 0 Å². The number of hydrogen-bond donors (Lipinski definition) is 2. The molecule has 0 spiro atoms. The van der Waals surface area contributed by atoms with Crippen LogP contribution in [0.1, 0.15) is 73.9 Å². The number of carbonyl (C=O) groups excluding carboxylic acids is 1. The Bertz CT molecular complexity index is 742. The number of carbonyl (C=O) groups is 1. The van der Waals surface area contributed by atoms with Crippen molar-refractivity contribution in [1.82, 2.24) is 15.1 Å². The third kappa shape index (κ3) is 4.48. The van der Waals surface area contributed by atoms with Crippen LogP contribution < -0.4 is 5.32 Å². The molecule has 1 aromatic carbocycles. The monoisotopic (exact) mass is 343 g/mol. The molecule has 1 aromatic heterocycles. The van der Waals surface area contributed by atoms with Gasteiger partial charge >= 0.3 is 0 Å². The van der Waals surface area contributed by atoms with Crippen molar-refractivity contribution in [1.29, 1.82) is 0 Å². The van der Waals surface area contributed by atoms with E-state index in [0.29, 0.717) is 5.69 Å². The van der Waals surface area contributed by atoms with Gasteiger partial charge < -0.3 is 10.4 Å². The summed E-state index contributed by atoms with van der Waals surface area (Å²) in [6.45, 7) is 12.5. The topological polar surface area (TPSA) is 67.2 Å². The first-order chi connectivity index (χ1) is 11.6. The molecule has 25 heavy (non-hydrogen) atoms. The Hall–Kier alpha value is -2.14. The van der Waals surface area contributed by atoms with Crippen LogP contribution >= 0.6 is 0 Å². The molecule has 0 aliphatic carbocycles. The molecule has 136 valence electrons. The Kier molecular flexibility index (Phi) is 5.68. The van der Waals surface area contributed by atoms with Crippen LogP contribution in [0.15, 0.2) is 30.3 Å². The molecule has 2 aromatic rings. The molecule has 2 N–H and O–H groups in total. The van der Waals surface area contributed by atoms with E-state index in [2.05, 4.69) is 45.0 Å². The average molecular weight is 343 g/mol. The minimum Gasteiger partial charge on any atom is -0.387 e. The molecule has 1 atom stereocenters. The van der Waals surface area contributed by atoms with Crippen molar-refractivity contribution in [3.8, 4) is 0 Å². The fraction of sp³-hybridized carbons (Fsp3) is 0.500. The van der Waals surface area contributed by atoms with Crippen LogP contribution in [-0.2, 0) is 5.54 Å². The fourth-order valence-electron chi connectivity index (χ4n) is 2.81. The van der Waals surface area contributed by atoms with Gasteiger partial charge in [-0.2, -0.15) is 5.10 Å². The van der Waals surface area contributed by atoms with Gasteiger partial charge in [0.25, 0.3) is 5.91 Å². The Morgan fingerprint density at radius 1 is 1.28 bits per heavy atom. The summed E-state index contributed by atoms with van der Waals surface area (Å²) >= 11 is 0. The molecule has 0 saturated heterocycles. The normalized spacial score (nSPS) is 13.1. The van der Waals surface area contributed by atoms with Crippen molar-refractivity contribution in [2.24, 2.45) is 0 Å².